The molecule has 1 rings (SSSR count). The van der Waals surface area contributed by atoms with Gasteiger partial charge in [0.25, 0.3) is 0 Å². The van der Waals surface area contributed by atoms with E-state index in [-0.39, 0.29) is 0 Å². The lowest BCUT2D eigenvalue weighted by Crippen LogP contribution is -2.28. The molecule has 3 nitrogen and oxygen atoms in total. The SMILES string of the molecule is CCc1cc(CNC(C)CC(C)Br)n(CC)n1. The molecule has 4 heteroatoms. The van der Waals surface area contributed by atoms with Gasteiger partial charge in [-0.3, -0.25) is 4.68 Å². The lowest BCUT2D eigenvalue weighted by Gasteiger charge is -2.15. The van der Waals surface area contributed by atoms with Crippen molar-refractivity contribution in [1.29, 1.82) is 0 Å². The zero-order chi connectivity index (χ0) is 12.8. The van der Waals surface area contributed by atoms with E-state index in [2.05, 4.69) is 64.8 Å². The molecule has 0 aromatic carbocycles. The van der Waals surface area contributed by atoms with E-state index < -0.39 is 0 Å². The van der Waals surface area contributed by atoms with Gasteiger partial charge in [0.1, 0.15) is 0 Å². The molecule has 0 fully saturated rings. The lowest BCUT2D eigenvalue weighted by atomic mass is 10.2. The van der Waals surface area contributed by atoms with Gasteiger partial charge in [0.05, 0.1) is 11.4 Å². The van der Waals surface area contributed by atoms with Crippen molar-refractivity contribution in [2.45, 2.75) is 64.5 Å². The summed E-state index contributed by atoms with van der Waals surface area (Å²) in [7, 11) is 0. The molecule has 98 valence electrons. The third-order valence-corrected chi connectivity index (χ3v) is 3.26. The number of alkyl halides is 1. The molecule has 1 aromatic rings. The molecule has 0 aliphatic heterocycles. The fraction of sp³-hybridized carbons (Fsp3) is 0.769. The number of nitrogens with one attached hydrogen (secondary N) is 1. The molecule has 0 amide bonds. The van der Waals surface area contributed by atoms with Crippen molar-refractivity contribution in [1.82, 2.24) is 15.1 Å². The summed E-state index contributed by atoms with van der Waals surface area (Å²) < 4.78 is 2.09. The summed E-state index contributed by atoms with van der Waals surface area (Å²) in [5.41, 5.74) is 2.48. The minimum Gasteiger partial charge on any atom is -0.309 e. The predicted octanol–water partition coefficient (Wildman–Crippen LogP) is 3.12. The molecule has 0 saturated carbocycles. The van der Waals surface area contributed by atoms with Gasteiger partial charge >= 0.3 is 0 Å². The first kappa shape index (κ1) is 14.7. The van der Waals surface area contributed by atoms with Crippen LogP contribution in [0.2, 0.25) is 0 Å². The Morgan fingerprint density at radius 2 is 2.12 bits per heavy atom. The van der Waals surface area contributed by atoms with E-state index in [0.717, 1.165) is 25.9 Å². The zero-order valence-corrected chi connectivity index (χ0v) is 12.9. The van der Waals surface area contributed by atoms with E-state index >= 15 is 0 Å². The van der Waals surface area contributed by atoms with Gasteiger partial charge in [-0.15, -0.1) is 0 Å². The Labute approximate surface area is 113 Å². The van der Waals surface area contributed by atoms with Gasteiger partial charge in [0.15, 0.2) is 0 Å². The highest BCUT2D eigenvalue weighted by Gasteiger charge is 2.09. The molecule has 0 bridgehead atoms. The van der Waals surface area contributed by atoms with Gasteiger partial charge in [-0.2, -0.15) is 5.10 Å². The highest BCUT2D eigenvalue weighted by molar-refractivity contribution is 9.09. The topological polar surface area (TPSA) is 29.9 Å². The first-order valence-corrected chi connectivity index (χ1v) is 7.41. The summed E-state index contributed by atoms with van der Waals surface area (Å²) in [4.78, 5) is 0.562. The third kappa shape index (κ3) is 4.80. The van der Waals surface area contributed by atoms with Crippen molar-refractivity contribution in [2.75, 3.05) is 0 Å². The molecule has 1 N–H and O–H groups in total. The first-order chi connectivity index (χ1) is 8.06. The molecule has 1 aromatic heterocycles. The summed E-state index contributed by atoms with van der Waals surface area (Å²) in [5, 5.41) is 8.11. The Hall–Kier alpha value is -0.350. The summed E-state index contributed by atoms with van der Waals surface area (Å²) in [6, 6.07) is 2.73. The maximum absolute atomic E-state index is 4.55. The Balaban J connectivity index is 2.53. The van der Waals surface area contributed by atoms with Crippen LogP contribution in [0.25, 0.3) is 0 Å². The second kappa shape index (κ2) is 7.17. The average Bonchev–Trinajstić information content (AvgIpc) is 2.67. The maximum Gasteiger partial charge on any atom is 0.0625 e. The molecule has 0 spiro atoms. The fourth-order valence-corrected chi connectivity index (χ4v) is 2.51. The lowest BCUT2D eigenvalue weighted by molar-refractivity contribution is 0.493. The zero-order valence-electron chi connectivity index (χ0n) is 11.3. The van der Waals surface area contributed by atoms with Crippen LogP contribution in [0, 0.1) is 0 Å². The van der Waals surface area contributed by atoms with Crippen LogP contribution in [0.3, 0.4) is 0 Å². The van der Waals surface area contributed by atoms with Crippen molar-refractivity contribution < 1.29 is 0 Å². The van der Waals surface area contributed by atoms with E-state index in [9.17, 15) is 0 Å². The Kier molecular flexibility index (Phi) is 6.20. The van der Waals surface area contributed by atoms with Gasteiger partial charge in [0.2, 0.25) is 0 Å². The highest BCUT2D eigenvalue weighted by atomic mass is 79.9. The van der Waals surface area contributed by atoms with Crippen molar-refractivity contribution in [3.8, 4) is 0 Å². The summed E-state index contributed by atoms with van der Waals surface area (Å²) >= 11 is 3.59. The molecule has 0 saturated heterocycles. The normalized spacial score (nSPS) is 14.9. The van der Waals surface area contributed by atoms with E-state index in [0.29, 0.717) is 10.9 Å². The fourth-order valence-electron chi connectivity index (χ4n) is 1.95. The Morgan fingerprint density at radius 3 is 2.65 bits per heavy atom. The van der Waals surface area contributed by atoms with E-state index in [1.54, 1.807) is 0 Å². The standard InChI is InChI=1S/C13H24BrN3/c1-5-12-8-13(17(6-2)16-12)9-15-11(4)7-10(3)14/h8,10-11,15H,5-7,9H2,1-4H3. The molecule has 17 heavy (non-hydrogen) atoms. The van der Waals surface area contributed by atoms with Gasteiger partial charge in [-0.25, -0.2) is 0 Å². The van der Waals surface area contributed by atoms with Gasteiger partial charge in [-0.05, 0) is 32.8 Å². The van der Waals surface area contributed by atoms with Crippen molar-refractivity contribution in [2.24, 2.45) is 0 Å². The number of rotatable bonds is 7. The first-order valence-electron chi connectivity index (χ1n) is 6.49. The van der Waals surface area contributed by atoms with Crippen LogP contribution >= 0.6 is 15.9 Å². The molecule has 1 heterocycles. The smallest absolute Gasteiger partial charge is 0.0625 e. The summed E-state index contributed by atoms with van der Waals surface area (Å²) in [5.74, 6) is 0. The van der Waals surface area contributed by atoms with E-state index in [1.165, 1.54) is 11.4 Å². The monoisotopic (exact) mass is 301 g/mol. The number of halogens is 1. The number of hydrogen-bond acceptors (Lipinski definition) is 2. The summed E-state index contributed by atoms with van der Waals surface area (Å²) in [6.45, 7) is 10.5. The minimum absolute atomic E-state index is 0.523. The summed E-state index contributed by atoms with van der Waals surface area (Å²) in [6.07, 6.45) is 2.15. The predicted molar refractivity (Wildman–Crippen MR) is 76.6 cm³/mol. The maximum atomic E-state index is 4.55. The van der Waals surface area contributed by atoms with Crippen LogP contribution in [-0.4, -0.2) is 20.6 Å². The Morgan fingerprint density at radius 1 is 1.41 bits per heavy atom. The number of aromatic nitrogens is 2. The van der Waals surface area contributed by atoms with Crippen molar-refractivity contribution >= 4 is 15.9 Å². The number of nitrogens with zero attached hydrogens (tertiary/aromatic N) is 2. The number of aryl methyl sites for hydroxylation is 2. The highest BCUT2D eigenvalue weighted by Crippen LogP contribution is 2.09. The van der Waals surface area contributed by atoms with Gasteiger partial charge < -0.3 is 5.32 Å². The number of hydrogen-bond donors (Lipinski definition) is 1. The quantitative estimate of drug-likeness (QED) is 0.784. The second-order valence-electron chi connectivity index (χ2n) is 4.59. The molecule has 0 aliphatic carbocycles. The van der Waals surface area contributed by atoms with Crippen LogP contribution in [0.1, 0.15) is 45.5 Å². The van der Waals surface area contributed by atoms with Crippen molar-refractivity contribution in [3.63, 3.8) is 0 Å². The largest absolute Gasteiger partial charge is 0.309 e. The van der Waals surface area contributed by atoms with Crippen LogP contribution in [0.15, 0.2) is 6.07 Å². The van der Waals surface area contributed by atoms with Crippen LogP contribution < -0.4 is 5.32 Å². The minimum atomic E-state index is 0.523. The second-order valence-corrected chi connectivity index (χ2v) is 6.16. The Bertz CT molecular complexity index is 333. The molecule has 0 aliphatic rings. The van der Waals surface area contributed by atoms with Gasteiger partial charge in [0, 0.05) is 24.0 Å². The molecular weight excluding hydrogens is 278 g/mol. The van der Waals surface area contributed by atoms with Crippen LogP contribution in [0.4, 0.5) is 0 Å². The molecule has 2 unspecified atom stereocenters. The van der Waals surface area contributed by atoms with E-state index in [1.807, 2.05) is 0 Å². The molecular formula is C13H24BrN3. The third-order valence-electron chi connectivity index (χ3n) is 2.89. The van der Waals surface area contributed by atoms with E-state index in [4.69, 9.17) is 0 Å². The average molecular weight is 302 g/mol. The molecule has 0 radical (unpaired) electrons. The van der Waals surface area contributed by atoms with Crippen LogP contribution in [-0.2, 0) is 19.5 Å². The van der Waals surface area contributed by atoms with Gasteiger partial charge in [-0.1, -0.05) is 29.8 Å². The molecule has 2 atom stereocenters. The van der Waals surface area contributed by atoms with Crippen LogP contribution in [0.5, 0.6) is 0 Å². The van der Waals surface area contributed by atoms with Crippen molar-refractivity contribution in [3.05, 3.63) is 17.5 Å².